The highest BCUT2D eigenvalue weighted by Crippen LogP contribution is 2.24. The van der Waals surface area contributed by atoms with Crippen molar-refractivity contribution in [1.82, 2.24) is 0 Å². The van der Waals surface area contributed by atoms with Crippen molar-refractivity contribution in [3.8, 4) is 0 Å². The van der Waals surface area contributed by atoms with Gasteiger partial charge in [0.2, 0.25) is 0 Å². The lowest BCUT2D eigenvalue weighted by atomic mass is 9.97. The molecule has 2 rings (SSSR count). The summed E-state index contributed by atoms with van der Waals surface area (Å²) in [4.78, 5) is 0. The van der Waals surface area contributed by atoms with Crippen molar-refractivity contribution in [2.45, 2.75) is 44.5 Å². The van der Waals surface area contributed by atoms with E-state index >= 15 is 0 Å². The van der Waals surface area contributed by atoms with Gasteiger partial charge < -0.3 is 9.84 Å². The van der Waals surface area contributed by atoms with Crippen LogP contribution in [0.5, 0.6) is 0 Å². The van der Waals surface area contributed by atoms with Crippen molar-refractivity contribution in [2.75, 3.05) is 0 Å². The van der Waals surface area contributed by atoms with Gasteiger partial charge in [0.25, 0.3) is 0 Å². The summed E-state index contributed by atoms with van der Waals surface area (Å²) >= 11 is 0. The zero-order valence-corrected chi connectivity index (χ0v) is 10.1. The van der Waals surface area contributed by atoms with Crippen LogP contribution in [0.4, 0.5) is 0 Å². The summed E-state index contributed by atoms with van der Waals surface area (Å²) in [6.07, 6.45) is 5.12. The fourth-order valence-corrected chi connectivity index (χ4v) is 2.26. The summed E-state index contributed by atoms with van der Waals surface area (Å²) in [5, 5.41) is 10.0. The van der Waals surface area contributed by atoms with Gasteiger partial charge in [0.15, 0.2) is 6.29 Å². The monoisotopic (exact) mass is 232 g/mol. The topological polar surface area (TPSA) is 29.5 Å². The van der Waals surface area contributed by atoms with Gasteiger partial charge in [0.1, 0.15) is 0 Å². The Balaban J connectivity index is 1.91. The number of aliphatic hydroxyl groups is 1. The normalized spacial score (nSPS) is 18.9. The number of benzene rings is 1. The van der Waals surface area contributed by atoms with Gasteiger partial charge in [-0.1, -0.05) is 56.2 Å². The van der Waals surface area contributed by atoms with Crippen molar-refractivity contribution in [3.63, 3.8) is 0 Å². The summed E-state index contributed by atoms with van der Waals surface area (Å²) in [5.41, 5.74) is 1.59. The quantitative estimate of drug-likeness (QED) is 0.806. The standard InChI is InChI=1S/C15H20O2/c1-12(13-8-4-2-5-9-13)15(16)17-14-10-6-3-7-11-14/h2,4-5,8-9,14-16H,1,3,6-7,10-11H2. The van der Waals surface area contributed by atoms with Gasteiger partial charge in [0.05, 0.1) is 6.10 Å². The van der Waals surface area contributed by atoms with Crippen LogP contribution in [0, 0.1) is 0 Å². The lowest BCUT2D eigenvalue weighted by Crippen LogP contribution is -2.24. The van der Waals surface area contributed by atoms with E-state index in [-0.39, 0.29) is 6.10 Å². The molecule has 1 saturated carbocycles. The third-order valence-corrected chi connectivity index (χ3v) is 3.32. The van der Waals surface area contributed by atoms with Crippen LogP contribution < -0.4 is 0 Å². The maximum absolute atomic E-state index is 10.0. The fourth-order valence-electron chi connectivity index (χ4n) is 2.26. The van der Waals surface area contributed by atoms with Crippen LogP contribution in [-0.4, -0.2) is 17.5 Å². The molecule has 0 aromatic heterocycles. The molecule has 1 aliphatic rings. The van der Waals surface area contributed by atoms with Crippen LogP contribution in [-0.2, 0) is 4.74 Å². The first-order valence-electron chi connectivity index (χ1n) is 6.35. The molecular weight excluding hydrogens is 212 g/mol. The highest BCUT2D eigenvalue weighted by Gasteiger charge is 2.19. The Morgan fingerprint density at radius 2 is 1.82 bits per heavy atom. The van der Waals surface area contributed by atoms with E-state index in [1.807, 2.05) is 30.3 Å². The third-order valence-electron chi connectivity index (χ3n) is 3.32. The molecule has 0 radical (unpaired) electrons. The first kappa shape index (κ1) is 12.3. The van der Waals surface area contributed by atoms with Gasteiger partial charge in [0, 0.05) is 5.57 Å². The van der Waals surface area contributed by atoms with Crippen LogP contribution >= 0.6 is 0 Å². The molecule has 1 fully saturated rings. The van der Waals surface area contributed by atoms with E-state index in [1.165, 1.54) is 19.3 Å². The Labute approximate surface area is 103 Å². The van der Waals surface area contributed by atoms with E-state index in [0.29, 0.717) is 5.57 Å². The number of hydrogen-bond donors (Lipinski definition) is 1. The highest BCUT2D eigenvalue weighted by molar-refractivity contribution is 5.65. The van der Waals surface area contributed by atoms with E-state index in [9.17, 15) is 5.11 Å². The molecule has 17 heavy (non-hydrogen) atoms. The van der Waals surface area contributed by atoms with E-state index in [0.717, 1.165) is 18.4 Å². The second-order valence-corrected chi connectivity index (χ2v) is 4.64. The molecular formula is C15H20O2. The van der Waals surface area contributed by atoms with Gasteiger partial charge in [-0.15, -0.1) is 0 Å². The lowest BCUT2D eigenvalue weighted by molar-refractivity contribution is -0.108. The van der Waals surface area contributed by atoms with Crippen molar-refractivity contribution >= 4 is 5.57 Å². The summed E-state index contributed by atoms with van der Waals surface area (Å²) in [7, 11) is 0. The van der Waals surface area contributed by atoms with Gasteiger partial charge in [-0.05, 0) is 18.4 Å². The Bertz CT molecular complexity index is 352. The highest BCUT2D eigenvalue weighted by atomic mass is 16.6. The molecule has 2 heteroatoms. The first-order chi connectivity index (χ1) is 8.27. The SMILES string of the molecule is C=C(c1ccccc1)C(O)OC1CCCCC1. The molecule has 0 aliphatic heterocycles. The van der Waals surface area contributed by atoms with E-state index < -0.39 is 6.29 Å². The van der Waals surface area contributed by atoms with Crippen LogP contribution in [0.2, 0.25) is 0 Å². The molecule has 1 aromatic rings. The molecule has 1 atom stereocenters. The minimum Gasteiger partial charge on any atom is -0.364 e. The molecule has 92 valence electrons. The predicted octanol–water partition coefficient (Wildman–Crippen LogP) is 3.37. The van der Waals surface area contributed by atoms with Crippen LogP contribution in [0.1, 0.15) is 37.7 Å². The average molecular weight is 232 g/mol. The molecule has 1 aromatic carbocycles. The lowest BCUT2D eigenvalue weighted by Gasteiger charge is -2.25. The van der Waals surface area contributed by atoms with E-state index in [1.54, 1.807) is 0 Å². The van der Waals surface area contributed by atoms with Crippen molar-refractivity contribution in [2.24, 2.45) is 0 Å². The second kappa shape index (κ2) is 5.99. The van der Waals surface area contributed by atoms with Gasteiger partial charge >= 0.3 is 0 Å². The van der Waals surface area contributed by atoms with Crippen LogP contribution in [0.15, 0.2) is 36.9 Å². The molecule has 0 heterocycles. The molecule has 1 aliphatic carbocycles. The van der Waals surface area contributed by atoms with Crippen LogP contribution in [0.3, 0.4) is 0 Å². The third kappa shape index (κ3) is 3.42. The average Bonchev–Trinajstić information content (AvgIpc) is 2.40. The minimum atomic E-state index is -0.875. The molecule has 0 bridgehead atoms. The van der Waals surface area contributed by atoms with Crippen LogP contribution in [0.25, 0.3) is 5.57 Å². The maximum atomic E-state index is 10.0. The van der Waals surface area contributed by atoms with Gasteiger partial charge in [-0.3, -0.25) is 0 Å². The largest absolute Gasteiger partial charge is 0.364 e. The Morgan fingerprint density at radius 1 is 1.18 bits per heavy atom. The van der Waals surface area contributed by atoms with E-state index in [2.05, 4.69) is 6.58 Å². The Hall–Kier alpha value is -1.12. The summed E-state index contributed by atoms with van der Waals surface area (Å²) < 4.78 is 5.66. The number of ether oxygens (including phenoxy) is 1. The zero-order valence-electron chi connectivity index (χ0n) is 10.1. The summed E-state index contributed by atoms with van der Waals surface area (Å²) in [5.74, 6) is 0. The second-order valence-electron chi connectivity index (χ2n) is 4.64. The summed E-state index contributed by atoms with van der Waals surface area (Å²) in [6, 6.07) is 9.71. The van der Waals surface area contributed by atoms with Crippen molar-refractivity contribution in [3.05, 3.63) is 42.5 Å². The van der Waals surface area contributed by atoms with Crippen molar-refractivity contribution in [1.29, 1.82) is 0 Å². The number of hydrogen-bond acceptors (Lipinski definition) is 2. The van der Waals surface area contributed by atoms with Gasteiger partial charge in [-0.25, -0.2) is 0 Å². The first-order valence-corrected chi connectivity index (χ1v) is 6.35. The zero-order chi connectivity index (χ0) is 12.1. The van der Waals surface area contributed by atoms with Crippen molar-refractivity contribution < 1.29 is 9.84 Å². The number of rotatable bonds is 4. The summed E-state index contributed by atoms with van der Waals surface area (Å²) in [6.45, 7) is 3.92. The van der Waals surface area contributed by atoms with E-state index in [4.69, 9.17) is 4.74 Å². The fraction of sp³-hybridized carbons (Fsp3) is 0.467. The molecule has 1 N–H and O–H groups in total. The molecule has 2 nitrogen and oxygen atoms in total. The minimum absolute atomic E-state index is 0.194. The molecule has 1 unspecified atom stereocenters. The number of aliphatic hydroxyl groups excluding tert-OH is 1. The smallest absolute Gasteiger partial charge is 0.181 e. The Kier molecular flexibility index (Phi) is 4.35. The molecule has 0 amide bonds. The molecule has 0 saturated heterocycles. The maximum Gasteiger partial charge on any atom is 0.181 e. The molecule has 0 spiro atoms. The predicted molar refractivity (Wildman–Crippen MR) is 69.4 cm³/mol. The van der Waals surface area contributed by atoms with Gasteiger partial charge in [-0.2, -0.15) is 0 Å². The Morgan fingerprint density at radius 3 is 2.47 bits per heavy atom.